The van der Waals surface area contributed by atoms with Crippen molar-refractivity contribution in [2.75, 3.05) is 5.88 Å². The molecule has 0 heterocycles. The molecule has 0 saturated heterocycles. The van der Waals surface area contributed by atoms with Crippen LogP contribution < -0.4 is 0 Å². The molecular formula is C14H18Cl2. The van der Waals surface area contributed by atoms with Gasteiger partial charge in [0, 0.05) is 10.9 Å². The fraction of sp³-hybridized carbons (Fsp3) is 0.571. The van der Waals surface area contributed by atoms with E-state index in [0.717, 1.165) is 17.3 Å². The maximum Gasteiger partial charge on any atom is 0.0406 e. The van der Waals surface area contributed by atoms with Gasteiger partial charge in [0.1, 0.15) is 0 Å². The van der Waals surface area contributed by atoms with Crippen molar-refractivity contribution in [3.63, 3.8) is 0 Å². The van der Waals surface area contributed by atoms with Crippen LogP contribution in [0, 0.1) is 5.41 Å². The SMILES string of the molecule is ClCC1(Cc2ccc(Cl)cc2)CCCCC1. The molecule has 0 radical (unpaired) electrons. The molecule has 0 aliphatic heterocycles. The highest BCUT2D eigenvalue weighted by Crippen LogP contribution is 2.40. The molecule has 1 aliphatic carbocycles. The smallest absolute Gasteiger partial charge is 0.0406 e. The van der Waals surface area contributed by atoms with Gasteiger partial charge in [-0.25, -0.2) is 0 Å². The predicted octanol–water partition coefficient (Wildman–Crippen LogP) is 5.07. The molecule has 2 heteroatoms. The first-order chi connectivity index (χ1) is 7.74. The second kappa shape index (κ2) is 5.42. The largest absolute Gasteiger partial charge is 0.126 e. The first-order valence-corrected chi connectivity index (χ1v) is 6.96. The van der Waals surface area contributed by atoms with E-state index in [9.17, 15) is 0 Å². The van der Waals surface area contributed by atoms with Gasteiger partial charge in [-0.05, 0) is 42.4 Å². The van der Waals surface area contributed by atoms with Crippen molar-refractivity contribution in [2.24, 2.45) is 5.41 Å². The Hall–Kier alpha value is -0.200. The van der Waals surface area contributed by atoms with Gasteiger partial charge in [0.15, 0.2) is 0 Å². The zero-order valence-electron chi connectivity index (χ0n) is 9.52. The van der Waals surface area contributed by atoms with Gasteiger partial charge < -0.3 is 0 Å². The van der Waals surface area contributed by atoms with Crippen LogP contribution in [0.4, 0.5) is 0 Å². The molecule has 16 heavy (non-hydrogen) atoms. The monoisotopic (exact) mass is 256 g/mol. The van der Waals surface area contributed by atoms with Crippen molar-refractivity contribution in [2.45, 2.75) is 38.5 Å². The normalized spacial score (nSPS) is 19.6. The molecule has 0 spiro atoms. The van der Waals surface area contributed by atoms with E-state index in [1.807, 2.05) is 12.1 Å². The van der Waals surface area contributed by atoms with Crippen molar-refractivity contribution in [1.82, 2.24) is 0 Å². The highest BCUT2D eigenvalue weighted by Gasteiger charge is 2.31. The van der Waals surface area contributed by atoms with E-state index in [4.69, 9.17) is 23.2 Å². The molecule has 0 atom stereocenters. The van der Waals surface area contributed by atoms with Gasteiger partial charge in [-0.2, -0.15) is 0 Å². The van der Waals surface area contributed by atoms with E-state index >= 15 is 0 Å². The number of hydrogen-bond acceptors (Lipinski definition) is 0. The summed E-state index contributed by atoms with van der Waals surface area (Å²) >= 11 is 12.1. The van der Waals surface area contributed by atoms with Gasteiger partial charge in [-0.1, -0.05) is 43.0 Å². The number of halogens is 2. The molecule has 0 N–H and O–H groups in total. The molecule has 1 saturated carbocycles. The topological polar surface area (TPSA) is 0 Å². The summed E-state index contributed by atoms with van der Waals surface area (Å²) in [6.07, 6.45) is 7.70. The minimum Gasteiger partial charge on any atom is -0.126 e. The van der Waals surface area contributed by atoms with Crippen LogP contribution in [0.2, 0.25) is 5.02 Å². The van der Waals surface area contributed by atoms with Crippen LogP contribution in [0.5, 0.6) is 0 Å². The molecule has 0 aromatic heterocycles. The Labute approximate surface area is 108 Å². The Bertz CT molecular complexity index is 323. The van der Waals surface area contributed by atoms with E-state index in [1.165, 1.54) is 37.7 Å². The van der Waals surface area contributed by atoms with E-state index in [-0.39, 0.29) is 0 Å². The van der Waals surface area contributed by atoms with Crippen molar-refractivity contribution in [1.29, 1.82) is 0 Å². The average molecular weight is 257 g/mol. The molecule has 1 fully saturated rings. The first kappa shape index (κ1) is 12.3. The van der Waals surface area contributed by atoms with Crippen LogP contribution in [0.3, 0.4) is 0 Å². The van der Waals surface area contributed by atoms with E-state index in [1.54, 1.807) is 0 Å². The Morgan fingerprint density at radius 1 is 1.00 bits per heavy atom. The maximum absolute atomic E-state index is 6.19. The van der Waals surface area contributed by atoms with Crippen LogP contribution in [0.1, 0.15) is 37.7 Å². The highest BCUT2D eigenvalue weighted by atomic mass is 35.5. The summed E-state index contributed by atoms with van der Waals surface area (Å²) in [5, 5.41) is 0.812. The number of hydrogen-bond donors (Lipinski definition) is 0. The summed E-state index contributed by atoms with van der Waals surface area (Å²) < 4.78 is 0. The van der Waals surface area contributed by atoms with Crippen LogP contribution in [-0.2, 0) is 6.42 Å². The van der Waals surface area contributed by atoms with Gasteiger partial charge in [0.2, 0.25) is 0 Å². The lowest BCUT2D eigenvalue weighted by molar-refractivity contribution is 0.219. The number of rotatable bonds is 3. The van der Waals surface area contributed by atoms with Crippen molar-refractivity contribution in [3.8, 4) is 0 Å². The Morgan fingerprint density at radius 2 is 1.62 bits per heavy atom. The summed E-state index contributed by atoms with van der Waals surface area (Å²) in [7, 11) is 0. The first-order valence-electron chi connectivity index (χ1n) is 6.05. The van der Waals surface area contributed by atoms with Gasteiger partial charge in [-0.3, -0.25) is 0 Å². The molecule has 1 aromatic carbocycles. The minimum absolute atomic E-state index is 0.341. The molecule has 88 valence electrons. The summed E-state index contributed by atoms with van der Waals surface area (Å²) in [5.74, 6) is 0.787. The van der Waals surface area contributed by atoms with Crippen molar-refractivity contribution < 1.29 is 0 Å². The lowest BCUT2D eigenvalue weighted by atomic mass is 9.72. The van der Waals surface area contributed by atoms with Crippen LogP contribution >= 0.6 is 23.2 Å². The lowest BCUT2D eigenvalue weighted by Gasteiger charge is -2.35. The third-order valence-corrected chi connectivity index (χ3v) is 4.51. The predicted molar refractivity (Wildman–Crippen MR) is 71.4 cm³/mol. The van der Waals surface area contributed by atoms with Crippen LogP contribution in [-0.4, -0.2) is 5.88 Å². The Balaban J connectivity index is 2.08. The zero-order chi connectivity index (χ0) is 11.4. The third kappa shape index (κ3) is 2.93. The molecular weight excluding hydrogens is 239 g/mol. The second-order valence-electron chi connectivity index (χ2n) is 5.00. The molecule has 0 amide bonds. The summed E-state index contributed by atoms with van der Waals surface area (Å²) in [4.78, 5) is 0. The zero-order valence-corrected chi connectivity index (χ0v) is 11.0. The van der Waals surface area contributed by atoms with Gasteiger partial charge in [-0.15, -0.1) is 11.6 Å². The average Bonchev–Trinajstić information content (AvgIpc) is 2.33. The number of alkyl halides is 1. The van der Waals surface area contributed by atoms with Gasteiger partial charge in [0.25, 0.3) is 0 Å². The van der Waals surface area contributed by atoms with Crippen molar-refractivity contribution >= 4 is 23.2 Å². The standard InChI is InChI=1S/C14H18Cl2/c15-11-14(8-2-1-3-9-14)10-12-4-6-13(16)7-5-12/h4-7H,1-3,8-11H2. The lowest BCUT2D eigenvalue weighted by Crippen LogP contribution is -2.28. The third-order valence-electron chi connectivity index (χ3n) is 3.69. The van der Waals surface area contributed by atoms with Crippen molar-refractivity contribution in [3.05, 3.63) is 34.9 Å². The van der Waals surface area contributed by atoms with E-state index < -0.39 is 0 Å². The maximum atomic E-state index is 6.19. The van der Waals surface area contributed by atoms with E-state index in [0.29, 0.717) is 5.41 Å². The molecule has 0 bridgehead atoms. The molecule has 0 nitrogen and oxygen atoms in total. The van der Waals surface area contributed by atoms with Gasteiger partial charge in [0.05, 0.1) is 0 Å². The minimum atomic E-state index is 0.341. The summed E-state index contributed by atoms with van der Waals surface area (Å²) in [6.45, 7) is 0. The summed E-state index contributed by atoms with van der Waals surface area (Å²) in [5.41, 5.74) is 1.71. The molecule has 1 aromatic rings. The van der Waals surface area contributed by atoms with Crippen LogP contribution in [0.15, 0.2) is 24.3 Å². The molecule has 0 unspecified atom stereocenters. The molecule has 1 aliphatic rings. The number of benzene rings is 1. The summed E-state index contributed by atoms with van der Waals surface area (Å²) in [6, 6.07) is 8.21. The van der Waals surface area contributed by atoms with Crippen LogP contribution in [0.25, 0.3) is 0 Å². The van der Waals surface area contributed by atoms with E-state index in [2.05, 4.69) is 12.1 Å². The second-order valence-corrected chi connectivity index (χ2v) is 5.70. The fourth-order valence-electron chi connectivity index (χ4n) is 2.69. The van der Waals surface area contributed by atoms with Gasteiger partial charge >= 0.3 is 0 Å². The quantitative estimate of drug-likeness (QED) is 0.663. The highest BCUT2D eigenvalue weighted by molar-refractivity contribution is 6.30. The molecule has 2 rings (SSSR count). The fourth-order valence-corrected chi connectivity index (χ4v) is 3.18. The Kier molecular flexibility index (Phi) is 4.16. The Morgan fingerprint density at radius 3 is 2.19 bits per heavy atom.